The van der Waals surface area contributed by atoms with Crippen molar-refractivity contribution in [3.8, 4) is 0 Å². The van der Waals surface area contributed by atoms with Crippen LogP contribution in [0.15, 0.2) is 0 Å². The third-order valence-electron chi connectivity index (χ3n) is 3.65. The summed E-state index contributed by atoms with van der Waals surface area (Å²) < 4.78 is 11.2. The average Bonchev–Trinajstić information content (AvgIpc) is 2.36. The summed E-state index contributed by atoms with van der Waals surface area (Å²) in [5.74, 6) is 0.582. The molecule has 21 heavy (non-hydrogen) atoms. The van der Waals surface area contributed by atoms with Crippen LogP contribution < -0.4 is 5.32 Å². The van der Waals surface area contributed by atoms with Gasteiger partial charge in [-0.05, 0) is 33.1 Å². The molecule has 1 rings (SSSR count). The number of morpholine rings is 1. The molecule has 5 heteroatoms. The molecule has 0 radical (unpaired) electrons. The molecule has 1 aliphatic rings. The molecule has 0 aromatic rings. The van der Waals surface area contributed by atoms with E-state index in [1.165, 1.54) is 0 Å². The molecule has 0 bridgehead atoms. The van der Waals surface area contributed by atoms with Gasteiger partial charge in [-0.2, -0.15) is 0 Å². The normalized spacial score (nSPS) is 25.0. The summed E-state index contributed by atoms with van der Waals surface area (Å²) >= 11 is 0. The minimum absolute atomic E-state index is 0.0203. The van der Waals surface area contributed by atoms with E-state index in [-0.39, 0.29) is 24.2 Å². The lowest BCUT2D eigenvalue weighted by Crippen LogP contribution is -2.48. The highest BCUT2D eigenvalue weighted by molar-refractivity contribution is 5.80. The number of rotatable bonds is 8. The minimum Gasteiger partial charge on any atom is -0.373 e. The van der Waals surface area contributed by atoms with Gasteiger partial charge in [0.2, 0.25) is 5.91 Å². The Kier molecular flexibility index (Phi) is 8.22. The molecular formula is C16H32N2O3. The van der Waals surface area contributed by atoms with Crippen molar-refractivity contribution in [3.63, 3.8) is 0 Å². The van der Waals surface area contributed by atoms with Crippen LogP contribution in [0.1, 0.15) is 41.0 Å². The smallest absolute Gasteiger partial charge is 0.248 e. The van der Waals surface area contributed by atoms with E-state index in [4.69, 9.17) is 9.47 Å². The zero-order valence-electron chi connectivity index (χ0n) is 14.2. The SMILES string of the molecule is CC(C)CCO[C@@H](C)C(=O)NCCN1C[C@@H](C)O[C@@H](C)C1. The summed E-state index contributed by atoms with van der Waals surface area (Å²) in [7, 11) is 0. The maximum Gasteiger partial charge on any atom is 0.248 e. The predicted octanol–water partition coefficient (Wildman–Crippen LogP) is 1.66. The number of hydrogen-bond acceptors (Lipinski definition) is 4. The van der Waals surface area contributed by atoms with E-state index in [1.54, 1.807) is 0 Å². The fraction of sp³-hybridized carbons (Fsp3) is 0.938. The number of hydrogen-bond donors (Lipinski definition) is 1. The summed E-state index contributed by atoms with van der Waals surface area (Å²) in [5.41, 5.74) is 0. The largest absolute Gasteiger partial charge is 0.373 e. The van der Waals surface area contributed by atoms with E-state index >= 15 is 0 Å². The molecule has 1 aliphatic heterocycles. The van der Waals surface area contributed by atoms with Gasteiger partial charge < -0.3 is 14.8 Å². The zero-order chi connectivity index (χ0) is 15.8. The first-order chi connectivity index (χ1) is 9.88. The Labute approximate surface area is 129 Å². The molecule has 5 nitrogen and oxygen atoms in total. The van der Waals surface area contributed by atoms with Gasteiger partial charge in [0.1, 0.15) is 6.10 Å². The number of carbonyl (C=O) groups excluding carboxylic acids is 1. The fourth-order valence-electron chi connectivity index (χ4n) is 2.50. The highest BCUT2D eigenvalue weighted by Crippen LogP contribution is 2.09. The molecule has 1 saturated heterocycles. The summed E-state index contributed by atoms with van der Waals surface area (Å²) in [5, 5.41) is 2.95. The van der Waals surface area contributed by atoms with Gasteiger partial charge in [0, 0.05) is 32.8 Å². The number of nitrogens with zero attached hydrogens (tertiary/aromatic N) is 1. The molecule has 0 aromatic heterocycles. The summed E-state index contributed by atoms with van der Waals surface area (Å²) in [6.07, 6.45) is 1.15. The summed E-state index contributed by atoms with van der Waals surface area (Å²) in [6.45, 7) is 14.3. The van der Waals surface area contributed by atoms with E-state index in [1.807, 2.05) is 6.92 Å². The van der Waals surface area contributed by atoms with Gasteiger partial charge in [-0.1, -0.05) is 13.8 Å². The number of ether oxygens (including phenoxy) is 2. The molecule has 0 unspecified atom stereocenters. The van der Waals surface area contributed by atoms with Crippen molar-refractivity contribution in [2.24, 2.45) is 5.92 Å². The Morgan fingerprint density at radius 2 is 1.90 bits per heavy atom. The second kappa shape index (κ2) is 9.38. The Hall–Kier alpha value is -0.650. The topological polar surface area (TPSA) is 50.8 Å². The van der Waals surface area contributed by atoms with Crippen LogP contribution in [0.2, 0.25) is 0 Å². The molecule has 0 aromatic carbocycles. The number of nitrogens with one attached hydrogen (secondary N) is 1. The van der Waals surface area contributed by atoms with E-state index < -0.39 is 0 Å². The minimum atomic E-state index is -0.369. The van der Waals surface area contributed by atoms with Crippen LogP contribution in [0.4, 0.5) is 0 Å². The van der Waals surface area contributed by atoms with E-state index in [9.17, 15) is 4.79 Å². The van der Waals surface area contributed by atoms with Crippen LogP contribution in [0.5, 0.6) is 0 Å². The number of amides is 1. The van der Waals surface area contributed by atoms with Crippen molar-refractivity contribution in [1.82, 2.24) is 10.2 Å². The van der Waals surface area contributed by atoms with Crippen molar-refractivity contribution in [3.05, 3.63) is 0 Å². The zero-order valence-corrected chi connectivity index (χ0v) is 14.2. The molecule has 0 spiro atoms. The van der Waals surface area contributed by atoms with Crippen LogP contribution in [0, 0.1) is 5.92 Å². The van der Waals surface area contributed by atoms with Gasteiger partial charge in [-0.3, -0.25) is 9.69 Å². The maximum atomic E-state index is 11.9. The van der Waals surface area contributed by atoms with Crippen molar-refractivity contribution in [2.45, 2.75) is 59.4 Å². The Balaban J connectivity index is 2.14. The molecule has 0 saturated carbocycles. The summed E-state index contributed by atoms with van der Waals surface area (Å²) in [6, 6.07) is 0. The molecule has 0 aliphatic carbocycles. The van der Waals surface area contributed by atoms with E-state index in [0.29, 0.717) is 19.1 Å². The average molecular weight is 300 g/mol. The first-order valence-corrected chi connectivity index (χ1v) is 8.15. The van der Waals surface area contributed by atoms with Crippen LogP contribution in [-0.2, 0) is 14.3 Å². The molecular weight excluding hydrogens is 268 g/mol. The van der Waals surface area contributed by atoms with Gasteiger partial charge in [0.25, 0.3) is 0 Å². The molecule has 1 fully saturated rings. The third-order valence-corrected chi connectivity index (χ3v) is 3.65. The third kappa shape index (κ3) is 7.79. The van der Waals surface area contributed by atoms with Crippen LogP contribution in [0.3, 0.4) is 0 Å². The van der Waals surface area contributed by atoms with Crippen LogP contribution in [-0.4, -0.2) is 61.9 Å². The standard InChI is InChI=1S/C16H32N2O3/c1-12(2)6-9-20-15(5)16(19)17-7-8-18-10-13(3)21-14(4)11-18/h12-15H,6-11H2,1-5H3,(H,17,19)/t13-,14+,15-/m0/s1. The molecule has 1 amide bonds. The lowest BCUT2D eigenvalue weighted by Gasteiger charge is -2.35. The fourth-order valence-corrected chi connectivity index (χ4v) is 2.50. The highest BCUT2D eigenvalue weighted by atomic mass is 16.5. The van der Waals surface area contributed by atoms with Crippen LogP contribution in [0.25, 0.3) is 0 Å². The Morgan fingerprint density at radius 1 is 1.29 bits per heavy atom. The molecule has 1 heterocycles. The van der Waals surface area contributed by atoms with Crippen molar-refractivity contribution in [1.29, 1.82) is 0 Å². The first-order valence-electron chi connectivity index (χ1n) is 8.15. The van der Waals surface area contributed by atoms with E-state index in [2.05, 4.69) is 37.9 Å². The van der Waals surface area contributed by atoms with Gasteiger partial charge in [0.05, 0.1) is 12.2 Å². The summed E-state index contributed by atoms with van der Waals surface area (Å²) in [4.78, 5) is 14.2. The van der Waals surface area contributed by atoms with Crippen LogP contribution >= 0.6 is 0 Å². The van der Waals surface area contributed by atoms with Gasteiger partial charge >= 0.3 is 0 Å². The predicted molar refractivity (Wildman–Crippen MR) is 84.3 cm³/mol. The van der Waals surface area contributed by atoms with Gasteiger partial charge in [-0.15, -0.1) is 0 Å². The first kappa shape index (κ1) is 18.4. The van der Waals surface area contributed by atoms with Gasteiger partial charge in [0.15, 0.2) is 0 Å². The number of carbonyl (C=O) groups is 1. The maximum absolute atomic E-state index is 11.9. The molecule has 124 valence electrons. The van der Waals surface area contributed by atoms with Gasteiger partial charge in [-0.25, -0.2) is 0 Å². The van der Waals surface area contributed by atoms with Crippen molar-refractivity contribution < 1.29 is 14.3 Å². The van der Waals surface area contributed by atoms with Crippen molar-refractivity contribution in [2.75, 3.05) is 32.8 Å². The van der Waals surface area contributed by atoms with Crippen molar-refractivity contribution >= 4 is 5.91 Å². The lowest BCUT2D eigenvalue weighted by atomic mass is 10.1. The molecule has 3 atom stereocenters. The molecule has 1 N–H and O–H groups in total. The second-order valence-electron chi connectivity index (χ2n) is 6.50. The Morgan fingerprint density at radius 3 is 2.48 bits per heavy atom. The lowest BCUT2D eigenvalue weighted by molar-refractivity contribution is -0.132. The highest BCUT2D eigenvalue weighted by Gasteiger charge is 2.22. The van der Waals surface area contributed by atoms with E-state index in [0.717, 1.165) is 26.1 Å². The monoisotopic (exact) mass is 300 g/mol. The Bertz CT molecular complexity index is 300. The quantitative estimate of drug-likeness (QED) is 0.741. The second-order valence-corrected chi connectivity index (χ2v) is 6.50.